The van der Waals surface area contributed by atoms with Gasteiger partial charge in [-0.1, -0.05) is 11.6 Å². The monoisotopic (exact) mass is 279 g/mol. The zero-order valence-electron chi connectivity index (χ0n) is 12.5. The summed E-state index contributed by atoms with van der Waals surface area (Å²) in [6, 6.07) is 0.488. The van der Waals surface area contributed by atoms with Crippen molar-refractivity contribution in [3.05, 3.63) is 11.7 Å². The van der Waals surface area contributed by atoms with E-state index in [9.17, 15) is 0 Å². The van der Waals surface area contributed by atoms with Gasteiger partial charge in [-0.05, 0) is 53.0 Å². The fraction of sp³-hybridized carbons (Fsp3) is 0.857. The van der Waals surface area contributed by atoms with E-state index in [1.807, 2.05) is 0 Å². The lowest BCUT2D eigenvalue weighted by molar-refractivity contribution is 0.214. The third kappa shape index (κ3) is 3.02. The molecule has 2 atom stereocenters. The van der Waals surface area contributed by atoms with Crippen molar-refractivity contribution in [1.82, 2.24) is 25.3 Å². The molecule has 1 unspecified atom stereocenters. The van der Waals surface area contributed by atoms with E-state index in [-0.39, 0.29) is 12.1 Å². The molecule has 0 bridgehead atoms. The van der Waals surface area contributed by atoms with Crippen LogP contribution in [0.2, 0.25) is 0 Å². The van der Waals surface area contributed by atoms with Gasteiger partial charge < -0.3 is 14.7 Å². The quantitative estimate of drug-likeness (QED) is 0.877. The van der Waals surface area contributed by atoms with E-state index >= 15 is 0 Å². The van der Waals surface area contributed by atoms with Crippen LogP contribution in [0.25, 0.3) is 0 Å². The molecule has 6 heteroatoms. The molecule has 2 saturated heterocycles. The van der Waals surface area contributed by atoms with Crippen LogP contribution >= 0.6 is 0 Å². The fourth-order valence-corrected chi connectivity index (χ4v) is 3.14. The lowest BCUT2D eigenvalue weighted by atomic mass is 10.1. The van der Waals surface area contributed by atoms with E-state index in [4.69, 9.17) is 4.52 Å². The molecule has 20 heavy (non-hydrogen) atoms. The largest absolute Gasteiger partial charge is 0.338 e. The third-order valence-electron chi connectivity index (χ3n) is 4.43. The maximum Gasteiger partial charge on any atom is 0.243 e. The zero-order chi connectivity index (χ0) is 13.9. The number of hydrogen-bond donors (Lipinski definition) is 1. The molecule has 0 radical (unpaired) electrons. The Labute approximate surface area is 120 Å². The molecular weight excluding hydrogens is 254 g/mol. The fourth-order valence-electron chi connectivity index (χ4n) is 3.14. The van der Waals surface area contributed by atoms with Gasteiger partial charge in [-0.25, -0.2) is 0 Å². The summed E-state index contributed by atoms with van der Waals surface area (Å²) in [5.74, 6) is 1.60. The van der Waals surface area contributed by atoms with Gasteiger partial charge in [-0.2, -0.15) is 4.98 Å². The first-order valence-corrected chi connectivity index (χ1v) is 7.69. The molecule has 0 spiro atoms. The molecule has 0 aromatic carbocycles. The number of hydrogen-bond acceptors (Lipinski definition) is 6. The Hall–Kier alpha value is -0.980. The average molecular weight is 279 g/mol. The van der Waals surface area contributed by atoms with Gasteiger partial charge in [0.2, 0.25) is 5.89 Å². The minimum atomic E-state index is 0.239. The van der Waals surface area contributed by atoms with Crippen LogP contribution in [0.1, 0.15) is 49.5 Å². The summed E-state index contributed by atoms with van der Waals surface area (Å²) in [7, 11) is 4.31. The molecule has 1 aromatic heterocycles. The molecule has 2 aliphatic heterocycles. The van der Waals surface area contributed by atoms with E-state index in [1.54, 1.807) is 0 Å². The SMILES string of the molecule is CN1CCCN(C)C(c2noc([C@H]3CCCCN3)n2)C1. The smallest absolute Gasteiger partial charge is 0.243 e. The van der Waals surface area contributed by atoms with Crippen molar-refractivity contribution in [3.8, 4) is 0 Å². The first kappa shape index (κ1) is 14.0. The van der Waals surface area contributed by atoms with Gasteiger partial charge in [0.15, 0.2) is 5.82 Å². The number of likely N-dealkylation sites (N-methyl/N-ethyl adjacent to an activating group) is 2. The van der Waals surface area contributed by atoms with Crippen LogP contribution in [0.3, 0.4) is 0 Å². The summed E-state index contributed by atoms with van der Waals surface area (Å²) in [5, 5.41) is 7.71. The van der Waals surface area contributed by atoms with Crippen molar-refractivity contribution < 1.29 is 4.52 Å². The lowest BCUT2D eigenvalue weighted by Gasteiger charge is -2.24. The molecule has 0 amide bonds. The number of rotatable bonds is 2. The Balaban J connectivity index is 1.74. The van der Waals surface area contributed by atoms with Crippen LogP contribution in [-0.2, 0) is 0 Å². The highest BCUT2D eigenvalue weighted by Crippen LogP contribution is 2.25. The Bertz CT molecular complexity index is 429. The average Bonchev–Trinajstić information content (AvgIpc) is 2.88. The van der Waals surface area contributed by atoms with Crippen molar-refractivity contribution in [3.63, 3.8) is 0 Å². The molecule has 3 rings (SSSR count). The first-order valence-electron chi connectivity index (χ1n) is 7.69. The van der Waals surface area contributed by atoms with Crippen molar-refractivity contribution in [2.45, 2.75) is 37.8 Å². The van der Waals surface area contributed by atoms with E-state index in [1.165, 1.54) is 19.3 Å². The highest BCUT2D eigenvalue weighted by molar-refractivity contribution is 5.00. The Morgan fingerprint density at radius 2 is 2.10 bits per heavy atom. The summed E-state index contributed by atoms with van der Waals surface area (Å²) >= 11 is 0. The normalized spacial score (nSPS) is 30.3. The second-order valence-electron chi connectivity index (χ2n) is 6.11. The molecule has 112 valence electrons. The minimum absolute atomic E-state index is 0.239. The molecule has 1 N–H and O–H groups in total. The van der Waals surface area contributed by atoms with Gasteiger partial charge in [0.1, 0.15) is 0 Å². The number of piperidine rings is 1. The summed E-state index contributed by atoms with van der Waals surface area (Å²) in [5.41, 5.74) is 0. The van der Waals surface area contributed by atoms with Gasteiger partial charge >= 0.3 is 0 Å². The van der Waals surface area contributed by atoms with Crippen molar-refractivity contribution >= 4 is 0 Å². The summed E-state index contributed by atoms with van der Waals surface area (Å²) < 4.78 is 5.51. The molecule has 1 aromatic rings. The van der Waals surface area contributed by atoms with Gasteiger partial charge in [0.25, 0.3) is 0 Å². The van der Waals surface area contributed by atoms with Gasteiger partial charge in [0.05, 0.1) is 12.1 Å². The maximum absolute atomic E-state index is 5.51. The lowest BCUT2D eigenvalue weighted by Crippen LogP contribution is -2.31. The zero-order valence-corrected chi connectivity index (χ0v) is 12.5. The van der Waals surface area contributed by atoms with Crippen LogP contribution in [0.4, 0.5) is 0 Å². The second kappa shape index (κ2) is 6.20. The molecule has 0 aliphatic carbocycles. The Kier molecular flexibility index (Phi) is 4.33. The van der Waals surface area contributed by atoms with Gasteiger partial charge in [0, 0.05) is 6.54 Å². The molecular formula is C14H25N5O. The van der Waals surface area contributed by atoms with Crippen LogP contribution in [0.15, 0.2) is 4.52 Å². The van der Waals surface area contributed by atoms with Gasteiger partial charge in [-0.3, -0.25) is 4.90 Å². The van der Waals surface area contributed by atoms with Crippen molar-refractivity contribution in [2.24, 2.45) is 0 Å². The Morgan fingerprint density at radius 3 is 2.90 bits per heavy atom. The number of aromatic nitrogens is 2. The highest BCUT2D eigenvalue weighted by atomic mass is 16.5. The van der Waals surface area contributed by atoms with Crippen LogP contribution < -0.4 is 5.32 Å². The molecule has 0 saturated carbocycles. The standard InChI is InChI=1S/C14H25N5O/c1-18-8-5-9-19(2)12(10-18)13-16-14(20-17-13)11-6-3-4-7-15-11/h11-12,15H,3-10H2,1-2H3/t11-,12?/m1/s1. The molecule has 2 aliphatic rings. The van der Waals surface area contributed by atoms with E-state index < -0.39 is 0 Å². The highest BCUT2D eigenvalue weighted by Gasteiger charge is 2.28. The molecule has 3 heterocycles. The van der Waals surface area contributed by atoms with E-state index in [0.29, 0.717) is 0 Å². The molecule has 2 fully saturated rings. The minimum Gasteiger partial charge on any atom is -0.338 e. The van der Waals surface area contributed by atoms with Crippen molar-refractivity contribution in [1.29, 1.82) is 0 Å². The first-order chi connectivity index (χ1) is 9.74. The van der Waals surface area contributed by atoms with Crippen molar-refractivity contribution in [2.75, 3.05) is 40.3 Å². The third-order valence-corrected chi connectivity index (χ3v) is 4.43. The summed E-state index contributed by atoms with van der Waals surface area (Å²) in [6.45, 7) is 4.23. The van der Waals surface area contributed by atoms with Crippen LogP contribution in [0.5, 0.6) is 0 Å². The summed E-state index contributed by atoms with van der Waals surface area (Å²) in [6.07, 6.45) is 4.77. The molecule has 6 nitrogen and oxygen atoms in total. The van der Waals surface area contributed by atoms with E-state index in [0.717, 1.165) is 44.3 Å². The van der Waals surface area contributed by atoms with Gasteiger partial charge in [-0.15, -0.1) is 0 Å². The predicted octanol–water partition coefficient (Wildman–Crippen LogP) is 1.19. The maximum atomic E-state index is 5.51. The van der Waals surface area contributed by atoms with Crippen LogP contribution in [-0.4, -0.2) is 60.2 Å². The topological polar surface area (TPSA) is 57.4 Å². The predicted molar refractivity (Wildman–Crippen MR) is 76.4 cm³/mol. The Morgan fingerprint density at radius 1 is 1.20 bits per heavy atom. The second-order valence-corrected chi connectivity index (χ2v) is 6.11. The van der Waals surface area contributed by atoms with Crippen LogP contribution in [0, 0.1) is 0 Å². The summed E-state index contributed by atoms with van der Waals surface area (Å²) in [4.78, 5) is 9.37. The number of nitrogens with zero attached hydrogens (tertiary/aromatic N) is 4. The van der Waals surface area contributed by atoms with E-state index in [2.05, 4.69) is 39.4 Å². The number of nitrogens with one attached hydrogen (secondary N) is 1.